The van der Waals surface area contributed by atoms with E-state index in [1.54, 1.807) is 6.20 Å². The summed E-state index contributed by atoms with van der Waals surface area (Å²) in [5.74, 6) is 1.54. The molecule has 1 aliphatic heterocycles. The summed E-state index contributed by atoms with van der Waals surface area (Å²) in [6.07, 6.45) is 5.17. The van der Waals surface area contributed by atoms with Crippen molar-refractivity contribution in [1.29, 1.82) is 0 Å². The smallest absolute Gasteiger partial charge is 0.242 e. The van der Waals surface area contributed by atoms with Crippen molar-refractivity contribution >= 4 is 11.7 Å². The summed E-state index contributed by atoms with van der Waals surface area (Å²) in [5.41, 5.74) is 1.42. The van der Waals surface area contributed by atoms with E-state index in [0.717, 1.165) is 38.2 Å². The molecule has 0 saturated carbocycles. The Labute approximate surface area is 156 Å². The lowest BCUT2D eigenvalue weighted by molar-refractivity contribution is -0.121. The van der Waals surface area contributed by atoms with E-state index in [4.69, 9.17) is 0 Å². The number of hydrogen-bond acceptors (Lipinski definition) is 3. The van der Waals surface area contributed by atoms with Crippen molar-refractivity contribution in [2.24, 2.45) is 5.92 Å². The van der Waals surface area contributed by atoms with Crippen LogP contribution in [0.3, 0.4) is 0 Å². The third-order valence-electron chi connectivity index (χ3n) is 5.35. The minimum absolute atomic E-state index is 0.0499. The first-order valence-corrected chi connectivity index (χ1v) is 9.67. The molecule has 0 radical (unpaired) electrons. The molecule has 1 fully saturated rings. The highest BCUT2D eigenvalue weighted by molar-refractivity contribution is 5.93. The number of nitrogens with one attached hydrogen (secondary N) is 1. The molecule has 2 heterocycles. The van der Waals surface area contributed by atoms with Gasteiger partial charge in [-0.05, 0) is 64.6 Å². The Morgan fingerprint density at radius 2 is 1.85 bits per heavy atom. The molecule has 0 aliphatic carbocycles. The highest BCUT2D eigenvalue weighted by atomic mass is 16.2. The molecule has 2 aromatic rings. The molecule has 1 aromatic heterocycles. The largest absolute Gasteiger partial charge is 0.310 e. The number of piperidine rings is 1. The van der Waals surface area contributed by atoms with Crippen molar-refractivity contribution in [2.75, 3.05) is 18.4 Å². The van der Waals surface area contributed by atoms with Crippen molar-refractivity contribution in [3.8, 4) is 0 Å². The Bertz CT molecular complexity index is 702. The van der Waals surface area contributed by atoms with Gasteiger partial charge < -0.3 is 5.32 Å². The fraction of sp³-hybridized carbons (Fsp3) is 0.524. The van der Waals surface area contributed by atoms with Crippen LogP contribution in [-0.4, -0.2) is 39.7 Å². The highest BCUT2D eigenvalue weighted by Crippen LogP contribution is 2.23. The maximum atomic E-state index is 12.7. The third-order valence-corrected chi connectivity index (χ3v) is 5.35. The molecule has 26 heavy (non-hydrogen) atoms. The standard InChI is InChI=1S/C21H30N4O/c1-16(2)25-20(9-12-22-25)23-21(26)17(3)24-13-10-19(11-14-24)15-18-7-5-4-6-8-18/h4-9,12,16-17,19H,10-11,13-15H2,1-3H3,(H,23,26)/t17-/m1/s1. The summed E-state index contributed by atoms with van der Waals surface area (Å²) in [4.78, 5) is 15.0. The average Bonchev–Trinajstić information content (AvgIpc) is 3.11. The number of carbonyl (C=O) groups excluding carboxylic acids is 1. The number of benzene rings is 1. The lowest BCUT2D eigenvalue weighted by Crippen LogP contribution is -2.46. The molecule has 3 rings (SSSR count). The Balaban J connectivity index is 1.50. The van der Waals surface area contributed by atoms with Gasteiger partial charge >= 0.3 is 0 Å². The van der Waals surface area contributed by atoms with E-state index < -0.39 is 0 Å². The van der Waals surface area contributed by atoms with Gasteiger partial charge in [-0.15, -0.1) is 0 Å². The maximum absolute atomic E-state index is 12.7. The number of hydrogen-bond donors (Lipinski definition) is 1. The van der Waals surface area contributed by atoms with Crippen LogP contribution in [0.5, 0.6) is 0 Å². The summed E-state index contributed by atoms with van der Waals surface area (Å²) in [6, 6.07) is 12.7. The lowest BCUT2D eigenvalue weighted by atomic mass is 9.89. The van der Waals surface area contributed by atoms with E-state index in [1.165, 1.54) is 5.56 Å². The van der Waals surface area contributed by atoms with Crippen LogP contribution < -0.4 is 5.32 Å². The zero-order valence-corrected chi connectivity index (χ0v) is 16.1. The Morgan fingerprint density at radius 3 is 2.50 bits per heavy atom. The third kappa shape index (κ3) is 4.52. The monoisotopic (exact) mass is 354 g/mol. The van der Waals surface area contributed by atoms with Crippen LogP contribution in [-0.2, 0) is 11.2 Å². The second-order valence-corrected chi connectivity index (χ2v) is 7.59. The number of carbonyl (C=O) groups is 1. The minimum Gasteiger partial charge on any atom is -0.310 e. The van der Waals surface area contributed by atoms with E-state index in [-0.39, 0.29) is 18.0 Å². The van der Waals surface area contributed by atoms with Crippen molar-refractivity contribution < 1.29 is 4.79 Å². The predicted octanol–water partition coefficient (Wildman–Crippen LogP) is 3.75. The summed E-state index contributed by atoms with van der Waals surface area (Å²) >= 11 is 0. The number of nitrogens with zero attached hydrogens (tertiary/aromatic N) is 3. The summed E-state index contributed by atoms with van der Waals surface area (Å²) in [6.45, 7) is 8.08. The van der Waals surface area contributed by atoms with Crippen LogP contribution in [0.25, 0.3) is 0 Å². The van der Waals surface area contributed by atoms with Gasteiger partial charge in [-0.25, -0.2) is 4.68 Å². The molecule has 1 amide bonds. The van der Waals surface area contributed by atoms with Gasteiger partial charge in [0.2, 0.25) is 5.91 Å². The summed E-state index contributed by atoms with van der Waals surface area (Å²) in [5, 5.41) is 7.32. The SMILES string of the molecule is CC(C)n1nccc1NC(=O)[C@@H](C)N1CCC(Cc2ccccc2)CC1. The molecule has 1 aliphatic rings. The van der Waals surface area contributed by atoms with Crippen molar-refractivity contribution in [3.63, 3.8) is 0 Å². The van der Waals surface area contributed by atoms with Crippen molar-refractivity contribution in [1.82, 2.24) is 14.7 Å². The second kappa shape index (κ2) is 8.49. The van der Waals surface area contributed by atoms with E-state index in [1.807, 2.05) is 17.7 Å². The maximum Gasteiger partial charge on any atom is 0.242 e. The minimum atomic E-state index is -0.122. The van der Waals surface area contributed by atoms with Crippen molar-refractivity contribution in [3.05, 3.63) is 48.2 Å². The molecular formula is C21H30N4O. The van der Waals surface area contributed by atoms with Gasteiger partial charge in [0, 0.05) is 12.1 Å². The quantitative estimate of drug-likeness (QED) is 0.859. The van der Waals surface area contributed by atoms with E-state index in [9.17, 15) is 4.79 Å². The van der Waals surface area contributed by atoms with Crippen LogP contribution in [0.1, 0.15) is 45.2 Å². The van der Waals surface area contributed by atoms with Gasteiger partial charge in [0.1, 0.15) is 5.82 Å². The lowest BCUT2D eigenvalue weighted by Gasteiger charge is -2.35. The first-order chi connectivity index (χ1) is 12.5. The molecule has 1 atom stereocenters. The normalized spacial score (nSPS) is 17.4. The van der Waals surface area contributed by atoms with Crippen LogP contribution >= 0.6 is 0 Å². The fourth-order valence-electron chi connectivity index (χ4n) is 3.71. The number of amides is 1. The number of aromatic nitrogens is 2. The van der Waals surface area contributed by atoms with Crippen LogP contribution in [0.2, 0.25) is 0 Å². The van der Waals surface area contributed by atoms with Crippen LogP contribution in [0.4, 0.5) is 5.82 Å². The van der Waals surface area contributed by atoms with Crippen LogP contribution in [0, 0.1) is 5.92 Å². The molecule has 5 heteroatoms. The molecule has 0 bridgehead atoms. The molecule has 0 unspecified atom stereocenters. The molecule has 1 saturated heterocycles. The summed E-state index contributed by atoms with van der Waals surface area (Å²) in [7, 11) is 0. The average molecular weight is 354 g/mol. The van der Waals surface area contributed by atoms with Gasteiger partial charge in [0.15, 0.2) is 0 Å². The van der Waals surface area contributed by atoms with Crippen LogP contribution in [0.15, 0.2) is 42.6 Å². The zero-order valence-electron chi connectivity index (χ0n) is 16.1. The van der Waals surface area contributed by atoms with Gasteiger partial charge in [-0.1, -0.05) is 30.3 Å². The molecule has 5 nitrogen and oxygen atoms in total. The Kier molecular flexibility index (Phi) is 6.09. The highest BCUT2D eigenvalue weighted by Gasteiger charge is 2.27. The first kappa shape index (κ1) is 18.6. The molecule has 140 valence electrons. The Hall–Kier alpha value is -2.14. The van der Waals surface area contributed by atoms with E-state index in [2.05, 4.69) is 59.5 Å². The van der Waals surface area contributed by atoms with E-state index in [0.29, 0.717) is 5.92 Å². The topological polar surface area (TPSA) is 50.2 Å². The number of likely N-dealkylation sites (tertiary alicyclic amines) is 1. The summed E-state index contributed by atoms with van der Waals surface area (Å²) < 4.78 is 1.84. The van der Waals surface area contributed by atoms with Gasteiger partial charge in [0.25, 0.3) is 0 Å². The first-order valence-electron chi connectivity index (χ1n) is 9.67. The Morgan fingerprint density at radius 1 is 1.15 bits per heavy atom. The van der Waals surface area contributed by atoms with Crippen molar-refractivity contribution in [2.45, 2.75) is 52.1 Å². The number of rotatable bonds is 6. The molecule has 1 aromatic carbocycles. The number of anilines is 1. The fourth-order valence-corrected chi connectivity index (χ4v) is 3.71. The van der Waals surface area contributed by atoms with Gasteiger partial charge in [-0.3, -0.25) is 9.69 Å². The van der Waals surface area contributed by atoms with Gasteiger partial charge in [0.05, 0.1) is 12.2 Å². The van der Waals surface area contributed by atoms with E-state index >= 15 is 0 Å². The molecular weight excluding hydrogens is 324 g/mol. The second-order valence-electron chi connectivity index (χ2n) is 7.59. The van der Waals surface area contributed by atoms with Gasteiger partial charge in [-0.2, -0.15) is 5.10 Å². The predicted molar refractivity (Wildman–Crippen MR) is 105 cm³/mol. The molecule has 0 spiro atoms. The molecule has 1 N–H and O–H groups in total. The zero-order chi connectivity index (χ0) is 18.5.